The number of hydrogen-bond acceptors (Lipinski definition) is 2. The van der Waals surface area contributed by atoms with Gasteiger partial charge in [-0.1, -0.05) is 43.3 Å². The second-order valence-corrected chi connectivity index (χ2v) is 6.33. The summed E-state index contributed by atoms with van der Waals surface area (Å²) >= 11 is 0. The lowest BCUT2D eigenvalue weighted by Crippen LogP contribution is -2.24. The number of rotatable bonds is 8. The summed E-state index contributed by atoms with van der Waals surface area (Å²) in [5.41, 5.74) is 4.53. The molecule has 0 spiro atoms. The molecule has 3 rings (SSSR count). The third-order valence-electron chi connectivity index (χ3n) is 4.38. The lowest BCUT2D eigenvalue weighted by molar-refractivity contribution is -0.121. The predicted octanol–water partition coefficient (Wildman–Crippen LogP) is 3.81. The zero-order chi connectivity index (χ0) is 17.5. The zero-order valence-corrected chi connectivity index (χ0v) is 14.7. The largest absolute Gasteiger partial charge is 0.356 e. The van der Waals surface area contributed by atoms with Crippen LogP contribution in [0.25, 0.3) is 11.0 Å². The molecule has 4 heteroatoms. The monoisotopic (exact) mass is 335 g/mol. The maximum absolute atomic E-state index is 12.0. The van der Waals surface area contributed by atoms with Crippen molar-refractivity contribution < 1.29 is 4.79 Å². The summed E-state index contributed by atoms with van der Waals surface area (Å²) in [4.78, 5) is 19.8. The first-order chi connectivity index (χ1) is 12.2. The number of nitrogens with zero attached hydrogens (tertiary/aromatic N) is 1. The van der Waals surface area contributed by atoms with Crippen LogP contribution in [0.3, 0.4) is 0 Å². The fraction of sp³-hybridized carbons (Fsp3) is 0.333. The van der Waals surface area contributed by atoms with Crippen molar-refractivity contribution >= 4 is 16.9 Å². The van der Waals surface area contributed by atoms with Gasteiger partial charge in [0.25, 0.3) is 0 Å². The van der Waals surface area contributed by atoms with Gasteiger partial charge in [-0.3, -0.25) is 4.79 Å². The van der Waals surface area contributed by atoms with Crippen LogP contribution in [0.4, 0.5) is 0 Å². The van der Waals surface area contributed by atoms with Gasteiger partial charge in [0.15, 0.2) is 0 Å². The number of fused-ring (bicyclic) bond motifs is 1. The van der Waals surface area contributed by atoms with E-state index in [4.69, 9.17) is 0 Å². The average molecular weight is 335 g/mol. The number of imidazole rings is 1. The standard InChI is InChI=1S/C21H25N3O/c1-2-20-23-18-12-10-17(15-19(18)24-20)11-13-21(25)22-14-6-9-16-7-4-3-5-8-16/h3-5,7-8,10,12,15H,2,6,9,11,13-14H2,1H3,(H,22,25)(H,23,24). The number of benzene rings is 2. The van der Waals surface area contributed by atoms with Gasteiger partial charge in [-0.2, -0.15) is 0 Å². The molecule has 0 atom stereocenters. The van der Waals surface area contributed by atoms with Crippen LogP contribution in [0.2, 0.25) is 0 Å². The number of aromatic amines is 1. The summed E-state index contributed by atoms with van der Waals surface area (Å²) in [5, 5.41) is 3.01. The molecule has 3 aromatic rings. The van der Waals surface area contributed by atoms with Crippen molar-refractivity contribution in [2.45, 2.75) is 39.0 Å². The van der Waals surface area contributed by atoms with Gasteiger partial charge in [0, 0.05) is 19.4 Å². The van der Waals surface area contributed by atoms with Crippen LogP contribution in [0, 0.1) is 0 Å². The summed E-state index contributed by atoms with van der Waals surface area (Å²) in [6.07, 6.45) is 4.13. The lowest BCUT2D eigenvalue weighted by Gasteiger charge is -2.06. The molecule has 2 aromatic carbocycles. The third-order valence-corrected chi connectivity index (χ3v) is 4.38. The van der Waals surface area contributed by atoms with Gasteiger partial charge in [-0.15, -0.1) is 0 Å². The van der Waals surface area contributed by atoms with Crippen molar-refractivity contribution in [3.8, 4) is 0 Å². The van der Waals surface area contributed by atoms with Crippen LogP contribution in [-0.2, 0) is 24.1 Å². The van der Waals surface area contributed by atoms with E-state index in [-0.39, 0.29) is 5.91 Å². The summed E-state index contributed by atoms with van der Waals surface area (Å²) in [6, 6.07) is 16.6. The Morgan fingerprint density at radius 1 is 1.08 bits per heavy atom. The van der Waals surface area contributed by atoms with Crippen molar-refractivity contribution in [2.24, 2.45) is 0 Å². The second-order valence-electron chi connectivity index (χ2n) is 6.33. The van der Waals surface area contributed by atoms with Gasteiger partial charge >= 0.3 is 0 Å². The van der Waals surface area contributed by atoms with E-state index in [0.29, 0.717) is 6.42 Å². The summed E-state index contributed by atoms with van der Waals surface area (Å²) in [7, 11) is 0. The van der Waals surface area contributed by atoms with Crippen LogP contribution in [-0.4, -0.2) is 22.4 Å². The van der Waals surface area contributed by atoms with Gasteiger partial charge in [0.1, 0.15) is 5.82 Å². The quantitative estimate of drug-likeness (QED) is 0.615. The molecular formula is C21H25N3O. The number of nitrogens with one attached hydrogen (secondary N) is 2. The molecule has 1 aromatic heterocycles. The summed E-state index contributed by atoms with van der Waals surface area (Å²) in [6.45, 7) is 2.81. The van der Waals surface area contributed by atoms with E-state index in [1.807, 2.05) is 24.3 Å². The van der Waals surface area contributed by atoms with Gasteiger partial charge in [0.2, 0.25) is 5.91 Å². The van der Waals surface area contributed by atoms with Gasteiger partial charge < -0.3 is 10.3 Å². The number of aryl methyl sites for hydroxylation is 3. The number of hydrogen-bond donors (Lipinski definition) is 2. The minimum atomic E-state index is 0.118. The highest BCUT2D eigenvalue weighted by atomic mass is 16.1. The Hall–Kier alpha value is -2.62. The summed E-state index contributed by atoms with van der Waals surface area (Å²) in [5.74, 6) is 1.12. The highest BCUT2D eigenvalue weighted by molar-refractivity contribution is 5.78. The Morgan fingerprint density at radius 2 is 1.92 bits per heavy atom. The van der Waals surface area contributed by atoms with E-state index in [0.717, 1.165) is 49.1 Å². The summed E-state index contributed by atoms with van der Waals surface area (Å²) < 4.78 is 0. The Labute approximate surface area is 148 Å². The van der Waals surface area contributed by atoms with E-state index in [9.17, 15) is 4.79 Å². The molecule has 1 heterocycles. The molecule has 0 radical (unpaired) electrons. The van der Waals surface area contributed by atoms with E-state index < -0.39 is 0 Å². The minimum Gasteiger partial charge on any atom is -0.356 e. The second kappa shape index (κ2) is 8.47. The van der Waals surface area contributed by atoms with Crippen molar-refractivity contribution in [1.82, 2.24) is 15.3 Å². The van der Waals surface area contributed by atoms with Gasteiger partial charge in [-0.05, 0) is 42.5 Å². The highest BCUT2D eigenvalue weighted by Crippen LogP contribution is 2.15. The van der Waals surface area contributed by atoms with Crippen molar-refractivity contribution in [2.75, 3.05) is 6.54 Å². The maximum Gasteiger partial charge on any atom is 0.220 e. The van der Waals surface area contributed by atoms with Gasteiger partial charge in [0.05, 0.1) is 11.0 Å². The molecule has 0 unspecified atom stereocenters. The van der Waals surface area contributed by atoms with Crippen LogP contribution >= 0.6 is 0 Å². The number of amides is 1. The first kappa shape index (κ1) is 17.2. The predicted molar refractivity (Wildman–Crippen MR) is 102 cm³/mol. The molecule has 0 aliphatic rings. The van der Waals surface area contributed by atoms with Crippen LogP contribution in [0.5, 0.6) is 0 Å². The number of aromatic nitrogens is 2. The highest BCUT2D eigenvalue weighted by Gasteiger charge is 2.05. The van der Waals surface area contributed by atoms with Crippen molar-refractivity contribution in [3.05, 3.63) is 65.5 Å². The molecule has 1 amide bonds. The van der Waals surface area contributed by atoms with Crippen molar-refractivity contribution in [3.63, 3.8) is 0 Å². The first-order valence-electron chi connectivity index (χ1n) is 9.02. The van der Waals surface area contributed by atoms with Crippen molar-refractivity contribution in [1.29, 1.82) is 0 Å². The van der Waals surface area contributed by atoms with Crippen LogP contribution in [0.1, 0.15) is 36.7 Å². The molecule has 0 saturated heterocycles. The average Bonchev–Trinajstić information content (AvgIpc) is 3.07. The van der Waals surface area contributed by atoms with Crippen LogP contribution < -0.4 is 5.32 Å². The molecule has 0 bridgehead atoms. The van der Waals surface area contributed by atoms with E-state index in [1.54, 1.807) is 0 Å². The normalized spacial score (nSPS) is 10.9. The van der Waals surface area contributed by atoms with E-state index in [1.165, 1.54) is 11.1 Å². The fourth-order valence-corrected chi connectivity index (χ4v) is 2.94. The Kier molecular flexibility index (Phi) is 5.83. The number of H-pyrrole nitrogens is 1. The molecular weight excluding hydrogens is 310 g/mol. The van der Waals surface area contributed by atoms with Crippen LogP contribution in [0.15, 0.2) is 48.5 Å². The third kappa shape index (κ3) is 4.92. The topological polar surface area (TPSA) is 57.8 Å². The Morgan fingerprint density at radius 3 is 2.72 bits per heavy atom. The molecule has 0 fully saturated rings. The SMILES string of the molecule is CCc1nc2ccc(CCC(=O)NCCCc3ccccc3)cc2[nH]1. The molecule has 130 valence electrons. The lowest BCUT2D eigenvalue weighted by atomic mass is 10.1. The zero-order valence-electron chi connectivity index (χ0n) is 14.7. The molecule has 25 heavy (non-hydrogen) atoms. The molecule has 0 saturated carbocycles. The number of carbonyl (C=O) groups excluding carboxylic acids is 1. The van der Waals surface area contributed by atoms with E-state index >= 15 is 0 Å². The maximum atomic E-state index is 12.0. The molecule has 0 aliphatic heterocycles. The first-order valence-corrected chi connectivity index (χ1v) is 9.02. The van der Waals surface area contributed by atoms with E-state index in [2.05, 4.69) is 46.5 Å². The fourth-order valence-electron chi connectivity index (χ4n) is 2.94. The Bertz CT molecular complexity index is 824. The molecule has 0 aliphatic carbocycles. The smallest absolute Gasteiger partial charge is 0.220 e. The Balaban J connectivity index is 1.41. The molecule has 2 N–H and O–H groups in total. The minimum absolute atomic E-state index is 0.118. The number of carbonyl (C=O) groups is 1. The molecule has 4 nitrogen and oxygen atoms in total. The van der Waals surface area contributed by atoms with Gasteiger partial charge in [-0.25, -0.2) is 4.98 Å².